The molecule has 0 radical (unpaired) electrons. The van der Waals surface area contributed by atoms with E-state index in [0.29, 0.717) is 0 Å². The third-order valence-corrected chi connectivity index (χ3v) is 2.29. The predicted octanol–water partition coefficient (Wildman–Crippen LogP) is 3.48. The monoisotopic (exact) mass is 148 g/mol. The van der Waals surface area contributed by atoms with Crippen LogP contribution in [0.15, 0.2) is 37.0 Å². The first-order chi connectivity index (χ1) is 5.36. The molecule has 0 N–H and O–H groups in total. The van der Waals surface area contributed by atoms with Crippen LogP contribution in [0.1, 0.15) is 25.7 Å². The Balaban J connectivity index is 2.42. The lowest BCUT2D eigenvalue weighted by Gasteiger charge is -2.17. The zero-order chi connectivity index (χ0) is 8.10. The maximum atomic E-state index is 3.81. The lowest BCUT2D eigenvalue weighted by Crippen LogP contribution is -2.01. The Bertz CT molecular complexity index is 174. The second-order valence-corrected chi connectivity index (χ2v) is 3.13. The first-order valence-electron chi connectivity index (χ1n) is 4.28. The molecule has 1 aliphatic carbocycles. The summed E-state index contributed by atoms with van der Waals surface area (Å²) < 4.78 is 0. The Morgan fingerprint density at radius 2 is 2.36 bits per heavy atom. The summed E-state index contributed by atoms with van der Waals surface area (Å²) in [6.45, 7) is 7.54. The molecule has 0 aromatic heterocycles. The molecule has 0 aliphatic heterocycles. The molecule has 0 saturated heterocycles. The van der Waals surface area contributed by atoms with Crippen molar-refractivity contribution in [3.8, 4) is 0 Å². The van der Waals surface area contributed by atoms with Crippen LogP contribution >= 0.6 is 0 Å². The molecule has 0 bridgehead atoms. The summed E-state index contributed by atoms with van der Waals surface area (Å²) in [4.78, 5) is 0. The molecule has 11 heavy (non-hydrogen) atoms. The molecule has 0 nitrogen and oxygen atoms in total. The number of allylic oxidation sites excluding steroid dienone is 4. The van der Waals surface area contributed by atoms with E-state index in [9.17, 15) is 0 Å². The van der Waals surface area contributed by atoms with Crippen molar-refractivity contribution in [2.24, 2.45) is 5.92 Å². The fourth-order valence-electron chi connectivity index (χ4n) is 1.49. The summed E-state index contributed by atoms with van der Waals surface area (Å²) in [5.41, 5.74) is 1.55. The minimum atomic E-state index is 0.726. The van der Waals surface area contributed by atoms with Crippen LogP contribution in [0.4, 0.5) is 0 Å². The summed E-state index contributed by atoms with van der Waals surface area (Å²) in [5.74, 6) is 0.726. The van der Waals surface area contributed by atoms with Crippen LogP contribution in [0.5, 0.6) is 0 Å². The zero-order valence-electron chi connectivity index (χ0n) is 7.05. The molecular formula is C11H16. The van der Waals surface area contributed by atoms with Gasteiger partial charge in [-0.1, -0.05) is 23.8 Å². The molecule has 0 saturated carbocycles. The summed E-state index contributed by atoms with van der Waals surface area (Å²) in [7, 11) is 0. The minimum absolute atomic E-state index is 0.726. The van der Waals surface area contributed by atoms with Gasteiger partial charge in [0.1, 0.15) is 0 Å². The van der Waals surface area contributed by atoms with Crippen LogP contribution in [0, 0.1) is 5.92 Å². The summed E-state index contributed by atoms with van der Waals surface area (Å²) in [6, 6.07) is 0. The lowest BCUT2D eigenvalue weighted by molar-refractivity contribution is 0.563. The largest absolute Gasteiger partial charge is 0.103 e. The van der Waals surface area contributed by atoms with Crippen LogP contribution in [0.2, 0.25) is 0 Å². The molecule has 0 heteroatoms. The van der Waals surface area contributed by atoms with Crippen molar-refractivity contribution < 1.29 is 0 Å². The quantitative estimate of drug-likeness (QED) is 0.537. The smallest absolute Gasteiger partial charge is 0.0142 e. The first kappa shape index (κ1) is 8.32. The molecular weight excluding hydrogens is 132 g/mol. The van der Waals surface area contributed by atoms with Gasteiger partial charge in [-0.3, -0.25) is 0 Å². The van der Waals surface area contributed by atoms with E-state index >= 15 is 0 Å². The van der Waals surface area contributed by atoms with Crippen LogP contribution in [0.25, 0.3) is 0 Å². The maximum Gasteiger partial charge on any atom is -0.0142 e. The van der Waals surface area contributed by atoms with E-state index in [0.717, 1.165) is 12.3 Å². The summed E-state index contributed by atoms with van der Waals surface area (Å²) in [5, 5.41) is 0. The first-order valence-corrected chi connectivity index (χ1v) is 4.28. The van der Waals surface area contributed by atoms with Crippen molar-refractivity contribution in [1.82, 2.24) is 0 Å². The molecule has 60 valence electrons. The van der Waals surface area contributed by atoms with Gasteiger partial charge in [-0.2, -0.15) is 0 Å². The molecule has 0 spiro atoms. The van der Waals surface area contributed by atoms with Gasteiger partial charge in [0.2, 0.25) is 0 Å². The SMILES string of the molecule is C=CCC1=CCC(C=C)CC1. The molecule has 0 heterocycles. The van der Waals surface area contributed by atoms with E-state index in [1.54, 1.807) is 5.57 Å². The molecule has 0 fully saturated rings. The zero-order valence-corrected chi connectivity index (χ0v) is 7.05. The average molecular weight is 148 g/mol. The van der Waals surface area contributed by atoms with Gasteiger partial charge < -0.3 is 0 Å². The van der Waals surface area contributed by atoms with E-state index in [1.165, 1.54) is 19.3 Å². The van der Waals surface area contributed by atoms with Gasteiger partial charge in [-0.05, 0) is 31.6 Å². The second kappa shape index (κ2) is 4.17. The number of rotatable bonds is 3. The van der Waals surface area contributed by atoms with E-state index in [2.05, 4.69) is 25.3 Å². The topological polar surface area (TPSA) is 0 Å². The van der Waals surface area contributed by atoms with Gasteiger partial charge >= 0.3 is 0 Å². The van der Waals surface area contributed by atoms with Crippen molar-refractivity contribution >= 4 is 0 Å². The van der Waals surface area contributed by atoms with Gasteiger partial charge in [-0.25, -0.2) is 0 Å². The van der Waals surface area contributed by atoms with Crippen LogP contribution < -0.4 is 0 Å². The number of hydrogen-bond donors (Lipinski definition) is 0. The van der Waals surface area contributed by atoms with Crippen LogP contribution in [-0.2, 0) is 0 Å². The van der Waals surface area contributed by atoms with Gasteiger partial charge in [0.05, 0.1) is 0 Å². The van der Waals surface area contributed by atoms with Crippen LogP contribution in [0.3, 0.4) is 0 Å². The van der Waals surface area contributed by atoms with Crippen LogP contribution in [-0.4, -0.2) is 0 Å². The highest BCUT2D eigenvalue weighted by Crippen LogP contribution is 2.25. The van der Waals surface area contributed by atoms with E-state index in [-0.39, 0.29) is 0 Å². The molecule has 1 atom stereocenters. The Morgan fingerprint density at radius 3 is 2.82 bits per heavy atom. The van der Waals surface area contributed by atoms with Crippen molar-refractivity contribution in [1.29, 1.82) is 0 Å². The molecule has 1 aliphatic rings. The van der Waals surface area contributed by atoms with Gasteiger partial charge in [0.25, 0.3) is 0 Å². The highest BCUT2D eigenvalue weighted by molar-refractivity contribution is 5.11. The van der Waals surface area contributed by atoms with Crippen molar-refractivity contribution in [3.05, 3.63) is 37.0 Å². The minimum Gasteiger partial charge on any atom is -0.103 e. The highest BCUT2D eigenvalue weighted by atomic mass is 14.1. The van der Waals surface area contributed by atoms with Crippen molar-refractivity contribution in [3.63, 3.8) is 0 Å². The maximum absolute atomic E-state index is 3.81. The normalized spacial score (nSPS) is 24.0. The van der Waals surface area contributed by atoms with Gasteiger partial charge in [0, 0.05) is 0 Å². The highest BCUT2D eigenvalue weighted by Gasteiger charge is 2.09. The summed E-state index contributed by atoms with van der Waals surface area (Å²) >= 11 is 0. The van der Waals surface area contributed by atoms with Gasteiger partial charge in [0.15, 0.2) is 0 Å². The Hall–Kier alpha value is -0.780. The molecule has 0 amide bonds. The fraction of sp³-hybridized carbons (Fsp3) is 0.455. The third-order valence-electron chi connectivity index (χ3n) is 2.29. The average Bonchev–Trinajstić information content (AvgIpc) is 2.07. The Morgan fingerprint density at radius 1 is 1.55 bits per heavy atom. The number of hydrogen-bond acceptors (Lipinski definition) is 0. The summed E-state index contributed by atoms with van der Waals surface area (Å²) in [6.07, 6.45) is 11.2. The second-order valence-electron chi connectivity index (χ2n) is 3.13. The standard InChI is InChI=1S/C11H16/c1-3-5-11-8-6-10(4-2)7-9-11/h3-4,8,10H,1-2,5-7,9H2. The van der Waals surface area contributed by atoms with E-state index in [4.69, 9.17) is 0 Å². The lowest BCUT2D eigenvalue weighted by atomic mass is 9.88. The van der Waals surface area contributed by atoms with Crippen molar-refractivity contribution in [2.75, 3.05) is 0 Å². The van der Waals surface area contributed by atoms with Gasteiger partial charge in [-0.15, -0.1) is 13.2 Å². The van der Waals surface area contributed by atoms with Crippen molar-refractivity contribution in [2.45, 2.75) is 25.7 Å². The molecule has 0 aromatic carbocycles. The molecule has 1 rings (SSSR count). The third kappa shape index (κ3) is 2.38. The molecule has 1 unspecified atom stereocenters. The predicted molar refractivity (Wildman–Crippen MR) is 50.4 cm³/mol. The Labute approximate surface area is 69.3 Å². The van der Waals surface area contributed by atoms with E-state index < -0.39 is 0 Å². The van der Waals surface area contributed by atoms with E-state index in [1.807, 2.05) is 6.08 Å². The Kier molecular flexibility index (Phi) is 3.15. The molecule has 0 aromatic rings. The fourth-order valence-corrected chi connectivity index (χ4v) is 1.49.